The number of nitrogens with one attached hydrogen (secondary N) is 1. The number of hydrogen-bond acceptors (Lipinski definition) is 3. The van der Waals surface area contributed by atoms with Crippen LogP contribution in [0.1, 0.15) is 11.1 Å². The highest BCUT2D eigenvalue weighted by Gasteiger charge is 2.06. The van der Waals surface area contributed by atoms with Crippen LogP contribution in [0.4, 0.5) is 5.69 Å². The van der Waals surface area contributed by atoms with Gasteiger partial charge >= 0.3 is 0 Å². The van der Waals surface area contributed by atoms with Gasteiger partial charge in [0, 0.05) is 16.7 Å². The molecule has 2 aromatic carbocycles. The Morgan fingerprint density at radius 2 is 2.00 bits per heavy atom. The van der Waals surface area contributed by atoms with Crippen LogP contribution in [0.15, 0.2) is 46.9 Å². The zero-order valence-electron chi connectivity index (χ0n) is 11.7. The van der Waals surface area contributed by atoms with E-state index in [-0.39, 0.29) is 12.3 Å². The summed E-state index contributed by atoms with van der Waals surface area (Å²) in [5.74, 6) is 0.465. The Morgan fingerprint density at radius 3 is 2.71 bits per heavy atom. The van der Waals surface area contributed by atoms with E-state index in [0.717, 1.165) is 27.0 Å². The summed E-state index contributed by atoms with van der Waals surface area (Å²) < 4.78 is 6.23. The molecule has 21 heavy (non-hydrogen) atoms. The van der Waals surface area contributed by atoms with Crippen molar-refractivity contribution in [2.24, 2.45) is 5.73 Å². The monoisotopic (exact) mass is 348 g/mol. The summed E-state index contributed by atoms with van der Waals surface area (Å²) in [6.07, 6.45) is 0.225. The number of primary amides is 1. The van der Waals surface area contributed by atoms with Gasteiger partial charge < -0.3 is 15.8 Å². The average molecular weight is 349 g/mol. The van der Waals surface area contributed by atoms with Crippen LogP contribution >= 0.6 is 15.9 Å². The number of anilines is 1. The van der Waals surface area contributed by atoms with Crippen molar-refractivity contribution in [2.75, 3.05) is 12.4 Å². The molecule has 0 spiro atoms. The van der Waals surface area contributed by atoms with Crippen molar-refractivity contribution in [3.8, 4) is 5.75 Å². The maximum absolute atomic E-state index is 11.1. The molecular formula is C16H17BrN2O2. The van der Waals surface area contributed by atoms with Gasteiger partial charge in [0.1, 0.15) is 5.75 Å². The fraction of sp³-hybridized carbons (Fsp3) is 0.188. The first-order chi connectivity index (χ1) is 10.1. The summed E-state index contributed by atoms with van der Waals surface area (Å²) in [6.45, 7) is 0.619. The molecule has 1 amide bonds. The van der Waals surface area contributed by atoms with Gasteiger partial charge in [0.15, 0.2) is 0 Å². The standard InChI is InChI=1S/C16H17BrN2O2/c1-21-13-6-7-14(17)12(8-13)10-19-15-5-3-2-4-11(15)9-16(18)20/h2-8,19H,9-10H2,1H3,(H2,18,20). The second-order valence-corrected chi connectivity index (χ2v) is 5.47. The molecule has 0 atom stereocenters. The number of halogens is 1. The Hall–Kier alpha value is -2.01. The van der Waals surface area contributed by atoms with Crippen molar-refractivity contribution in [2.45, 2.75) is 13.0 Å². The van der Waals surface area contributed by atoms with Crippen molar-refractivity contribution >= 4 is 27.5 Å². The van der Waals surface area contributed by atoms with Crippen LogP contribution in [-0.4, -0.2) is 13.0 Å². The zero-order valence-corrected chi connectivity index (χ0v) is 13.3. The lowest BCUT2D eigenvalue weighted by atomic mass is 10.1. The summed E-state index contributed by atoms with van der Waals surface area (Å²) in [5, 5.41) is 3.33. The molecule has 3 N–H and O–H groups in total. The number of nitrogens with two attached hydrogens (primary N) is 1. The predicted octanol–water partition coefficient (Wildman–Crippen LogP) is 3.10. The van der Waals surface area contributed by atoms with Crippen molar-refractivity contribution in [1.29, 1.82) is 0 Å². The van der Waals surface area contributed by atoms with Crippen LogP contribution in [-0.2, 0) is 17.8 Å². The minimum Gasteiger partial charge on any atom is -0.497 e. The van der Waals surface area contributed by atoms with E-state index in [1.165, 1.54) is 0 Å². The maximum atomic E-state index is 11.1. The molecule has 0 bridgehead atoms. The molecule has 0 aliphatic rings. The first kappa shape index (κ1) is 15.4. The molecule has 2 rings (SSSR count). The van der Waals surface area contributed by atoms with E-state index in [0.29, 0.717) is 6.54 Å². The molecule has 0 saturated heterocycles. The van der Waals surface area contributed by atoms with Crippen molar-refractivity contribution in [3.05, 3.63) is 58.1 Å². The number of amides is 1. The number of ether oxygens (including phenoxy) is 1. The van der Waals surface area contributed by atoms with E-state index in [1.54, 1.807) is 7.11 Å². The SMILES string of the molecule is COc1ccc(Br)c(CNc2ccccc2CC(N)=O)c1. The van der Waals surface area contributed by atoms with Crippen molar-refractivity contribution in [3.63, 3.8) is 0 Å². The van der Waals surface area contributed by atoms with Gasteiger partial charge in [0.05, 0.1) is 13.5 Å². The van der Waals surface area contributed by atoms with E-state index in [1.807, 2.05) is 42.5 Å². The zero-order chi connectivity index (χ0) is 15.2. The average Bonchev–Trinajstić information content (AvgIpc) is 2.47. The van der Waals surface area contributed by atoms with Crippen molar-refractivity contribution < 1.29 is 9.53 Å². The van der Waals surface area contributed by atoms with E-state index >= 15 is 0 Å². The predicted molar refractivity (Wildman–Crippen MR) is 87.4 cm³/mol. The van der Waals surface area contributed by atoms with Gasteiger partial charge in [-0.1, -0.05) is 34.1 Å². The Labute approximate surface area is 132 Å². The van der Waals surface area contributed by atoms with Crippen LogP contribution < -0.4 is 15.8 Å². The molecule has 0 saturated carbocycles. The third kappa shape index (κ3) is 4.23. The van der Waals surface area contributed by atoms with Gasteiger partial charge in [-0.05, 0) is 35.4 Å². The van der Waals surface area contributed by atoms with E-state index in [4.69, 9.17) is 10.5 Å². The Kier molecular flexibility index (Phi) is 5.22. The summed E-state index contributed by atoms with van der Waals surface area (Å²) in [5.41, 5.74) is 8.15. The Morgan fingerprint density at radius 1 is 1.24 bits per heavy atom. The number of benzene rings is 2. The number of carbonyl (C=O) groups is 1. The number of para-hydroxylation sites is 1. The molecule has 0 heterocycles. The molecule has 0 aliphatic carbocycles. The lowest BCUT2D eigenvalue weighted by molar-refractivity contribution is -0.117. The fourth-order valence-electron chi connectivity index (χ4n) is 2.04. The van der Waals surface area contributed by atoms with E-state index < -0.39 is 0 Å². The number of methoxy groups -OCH3 is 1. The third-order valence-electron chi connectivity index (χ3n) is 3.10. The normalized spacial score (nSPS) is 10.2. The van der Waals surface area contributed by atoms with Gasteiger partial charge in [0.25, 0.3) is 0 Å². The van der Waals surface area contributed by atoms with Crippen molar-refractivity contribution in [1.82, 2.24) is 0 Å². The number of hydrogen-bond donors (Lipinski definition) is 2. The molecule has 2 aromatic rings. The lowest BCUT2D eigenvalue weighted by Gasteiger charge is -2.13. The van der Waals surface area contributed by atoms with Gasteiger partial charge in [0.2, 0.25) is 5.91 Å². The van der Waals surface area contributed by atoms with E-state index in [9.17, 15) is 4.79 Å². The molecule has 0 aromatic heterocycles. The van der Waals surface area contributed by atoms with E-state index in [2.05, 4.69) is 21.2 Å². The van der Waals surface area contributed by atoms with Crippen LogP contribution in [0.25, 0.3) is 0 Å². The number of carbonyl (C=O) groups excluding carboxylic acids is 1. The van der Waals surface area contributed by atoms with Gasteiger partial charge in [-0.25, -0.2) is 0 Å². The minimum absolute atomic E-state index is 0.225. The minimum atomic E-state index is -0.341. The molecule has 0 aliphatic heterocycles. The highest BCUT2D eigenvalue weighted by atomic mass is 79.9. The van der Waals surface area contributed by atoms with Gasteiger partial charge in [-0.2, -0.15) is 0 Å². The molecule has 110 valence electrons. The summed E-state index contributed by atoms with van der Waals surface area (Å²) in [7, 11) is 1.64. The first-order valence-electron chi connectivity index (χ1n) is 6.52. The molecule has 5 heteroatoms. The van der Waals surface area contributed by atoms with Crippen LogP contribution in [0.2, 0.25) is 0 Å². The molecule has 4 nitrogen and oxygen atoms in total. The summed E-state index contributed by atoms with van der Waals surface area (Å²) in [6, 6.07) is 13.5. The fourth-order valence-corrected chi connectivity index (χ4v) is 2.43. The van der Waals surface area contributed by atoms with Crippen LogP contribution in [0, 0.1) is 0 Å². The molecule has 0 radical (unpaired) electrons. The van der Waals surface area contributed by atoms with Crippen LogP contribution in [0.3, 0.4) is 0 Å². The van der Waals surface area contributed by atoms with Gasteiger partial charge in [-0.15, -0.1) is 0 Å². The maximum Gasteiger partial charge on any atom is 0.221 e. The second-order valence-electron chi connectivity index (χ2n) is 4.61. The molecule has 0 fully saturated rings. The molecule has 0 unspecified atom stereocenters. The smallest absolute Gasteiger partial charge is 0.221 e. The molecular weight excluding hydrogens is 332 g/mol. The highest BCUT2D eigenvalue weighted by Crippen LogP contribution is 2.24. The van der Waals surface area contributed by atoms with Crippen LogP contribution in [0.5, 0.6) is 5.75 Å². The highest BCUT2D eigenvalue weighted by molar-refractivity contribution is 9.10. The van der Waals surface area contributed by atoms with Gasteiger partial charge in [-0.3, -0.25) is 4.79 Å². The third-order valence-corrected chi connectivity index (χ3v) is 3.88. The summed E-state index contributed by atoms with van der Waals surface area (Å²) in [4.78, 5) is 11.1. The quantitative estimate of drug-likeness (QED) is 0.842. The first-order valence-corrected chi connectivity index (χ1v) is 7.32. The number of rotatable bonds is 6. The Bertz CT molecular complexity index is 644. The lowest BCUT2D eigenvalue weighted by Crippen LogP contribution is -2.15. The largest absolute Gasteiger partial charge is 0.497 e. The second kappa shape index (κ2) is 7.13. The Balaban J connectivity index is 2.15. The topological polar surface area (TPSA) is 64.3 Å². The summed E-state index contributed by atoms with van der Waals surface area (Å²) >= 11 is 3.52.